The Morgan fingerprint density at radius 1 is 1.53 bits per heavy atom. The summed E-state index contributed by atoms with van der Waals surface area (Å²) in [7, 11) is 1.90. The molecule has 1 aliphatic rings. The number of rotatable bonds is 4. The molecule has 1 aliphatic heterocycles. The van der Waals surface area contributed by atoms with Crippen LogP contribution in [0.25, 0.3) is 0 Å². The zero-order valence-electron chi connectivity index (χ0n) is 8.47. The molecule has 0 atom stereocenters. The van der Waals surface area contributed by atoms with Crippen molar-refractivity contribution < 1.29 is 13.2 Å². The number of likely N-dealkylation sites (N-methyl/N-ethyl adjacent to an activating group) is 1. The van der Waals surface area contributed by atoms with Crippen LogP contribution in [0.2, 0.25) is 0 Å². The minimum Gasteiger partial charge on any atom is -0.355 e. The summed E-state index contributed by atoms with van der Waals surface area (Å²) >= 11 is 0.884. The van der Waals surface area contributed by atoms with Crippen LogP contribution in [0.1, 0.15) is 0 Å². The first-order chi connectivity index (χ1) is 6.99. The zero-order chi connectivity index (χ0) is 11.3. The van der Waals surface area contributed by atoms with Gasteiger partial charge < -0.3 is 10.2 Å². The molecule has 0 saturated carbocycles. The average molecular weight is 241 g/mol. The van der Waals surface area contributed by atoms with E-state index in [1.54, 1.807) is 0 Å². The van der Waals surface area contributed by atoms with Crippen molar-refractivity contribution in [1.29, 1.82) is 0 Å². The van der Waals surface area contributed by atoms with E-state index in [0.717, 1.165) is 30.8 Å². The van der Waals surface area contributed by atoms with Crippen molar-refractivity contribution in [2.24, 2.45) is 4.99 Å². The van der Waals surface area contributed by atoms with Gasteiger partial charge in [-0.3, -0.25) is 4.99 Å². The second kappa shape index (κ2) is 5.48. The van der Waals surface area contributed by atoms with E-state index in [2.05, 4.69) is 10.3 Å². The van der Waals surface area contributed by atoms with Gasteiger partial charge >= 0.3 is 6.18 Å². The highest BCUT2D eigenvalue weighted by Crippen LogP contribution is 2.20. The molecular formula is C8H14F3N3S. The molecule has 1 heterocycles. The smallest absolute Gasteiger partial charge is 0.355 e. The Kier molecular flexibility index (Phi) is 4.56. The second-order valence-corrected chi connectivity index (χ2v) is 4.33. The first kappa shape index (κ1) is 12.5. The highest BCUT2D eigenvalue weighted by atomic mass is 32.2. The second-order valence-electron chi connectivity index (χ2n) is 3.22. The summed E-state index contributed by atoms with van der Waals surface area (Å²) in [5.41, 5.74) is 0. The van der Waals surface area contributed by atoms with E-state index in [1.165, 1.54) is 0 Å². The van der Waals surface area contributed by atoms with Crippen molar-refractivity contribution in [3.8, 4) is 0 Å². The quantitative estimate of drug-likeness (QED) is 0.749. The molecule has 0 aromatic rings. The van der Waals surface area contributed by atoms with Gasteiger partial charge in [-0.15, -0.1) is 0 Å². The van der Waals surface area contributed by atoms with E-state index in [9.17, 15) is 13.2 Å². The van der Waals surface area contributed by atoms with E-state index in [1.807, 2.05) is 11.9 Å². The molecule has 88 valence electrons. The highest BCUT2D eigenvalue weighted by Gasteiger charge is 2.26. The van der Waals surface area contributed by atoms with Crippen LogP contribution in [0, 0.1) is 0 Å². The van der Waals surface area contributed by atoms with Gasteiger partial charge in [-0.25, -0.2) is 0 Å². The number of nitrogens with zero attached hydrogens (tertiary/aromatic N) is 2. The van der Waals surface area contributed by atoms with E-state index in [4.69, 9.17) is 0 Å². The Morgan fingerprint density at radius 3 is 2.80 bits per heavy atom. The normalized spacial score (nSPS) is 16.8. The monoisotopic (exact) mass is 241 g/mol. The van der Waals surface area contributed by atoms with Gasteiger partial charge in [0, 0.05) is 25.9 Å². The van der Waals surface area contributed by atoms with E-state index >= 15 is 0 Å². The number of nitrogens with one attached hydrogen (secondary N) is 1. The molecule has 0 saturated heterocycles. The van der Waals surface area contributed by atoms with E-state index in [0.29, 0.717) is 12.3 Å². The number of aliphatic imine (C=N–C) groups is 1. The van der Waals surface area contributed by atoms with Crippen molar-refractivity contribution in [3.05, 3.63) is 0 Å². The topological polar surface area (TPSA) is 27.6 Å². The van der Waals surface area contributed by atoms with Gasteiger partial charge in [0.25, 0.3) is 0 Å². The third-order valence-corrected chi connectivity index (χ3v) is 2.88. The van der Waals surface area contributed by atoms with Gasteiger partial charge in [0.05, 0.1) is 12.3 Å². The van der Waals surface area contributed by atoms with Crippen LogP contribution in [0.4, 0.5) is 13.2 Å². The average Bonchev–Trinajstić information content (AvgIpc) is 2.49. The molecule has 3 nitrogen and oxygen atoms in total. The molecule has 15 heavy (non-hydrogen) atoms. The number of hydrogen-bond acceptors (Lipinski definition) is 4. The van der Waals surface area contributed by atoms with Crippen LogP contribution in [0.5, 0.6) is 0 Å². The lowest BCUT2D eigenvalue weighted by atomic mass is 10.6. The number of hydrogen-bond donors (Lipinski definition) is 1. The molecule has 0 bridgehead atoms. The SMILES string of the molecule is CN1CCN=C1NCCSCC(F)(F)F. The van der Waals surface area contributed by atoms with Gasteiger partial charge in [0.15, 0.2) is 5.96 Å². The largest absolute Gasteiger partial charge is 0.397 e. The number of halogens is 3. The molecule has 1 rings (SSSR count). The Bertz CT molecular complexity index is 230. The van der Waals surface area contributed by atoms with Crippen molar-refractivity contribution in [1.82, 2.24) is 10.2 Å². The first-order valence-electron chi connectivity index (χ1n) is 4.63. The molecule has 0 unspecified atom stereocenters. The van der Waals surface area contributed by atoms with Gasteiger partial charge in [0.2, 0.25) is 0 Å². The zero-order valence-corrected chi connectivity index (χ0v) is 9.29. The maximum atomic E-state index is 11.8. The molecule has 7 heteroatoms. The minimum absolute atomic E-state index is 0.437. The summed E-state index contributed by atoms with van der Waals surface area (Å²) in [5, 5.41) is 3.01. The maximum absolute atomic E-state index is 11.8. The lowest BCUT2D eigenvalue weighted by molar-refractivity contribution is -0.105. The summed E-state index contributed by atoms with van der Waals surface area (Å²) in [5.74, 6) is 0.436. The molecule has 0 aliphatic carbocycles. The molecule has 0 spiro atoms. The third-order valence-electron chi connectivity index (χ3n) is 1.85. The predicted octanol–water partition coefficient (Wildman–Crippen LogP) is 1.17. The molecule has 0 aromatic heterocycles. The summed E-state index contributed by atoms with van der Waals surface area (Å²) < 4.78 is 35.3. The minimum atomic E-state index is -4.06. The van der Waals surface area contributed by atoms with Crippen molar-refractivity contribution in [3.63, 3.8) is 0 Å². The summed E-state index contributed by atoms with van der Waals surface area (Å²) in [6, 6.07) is 0. The fourth-order valence-corrected chi connectivity index (χ4v) is 1.77. The maximum Gasteiger partial charge on any atom is 0.397 e. The van der Waals surface area contributed by atoms with Gasteiger partial charge in [-0.1, -0.05) is 0 Å². The fraction of sp³-hybridized carbons (Fsp3) is 0.875. The van der Waals surface area contributed by atoms with Crippen molar-refractivity contribution in [2.45, 2.75) is 6.18 Å². The van der Waals surface area contributed by atoms with Crippen LogP contribution in [-0.4, -0.2) is 55.2 Å². The molecule has 0 radical (unpaired) electrons. The Morgan fingerprint density at radius 2 is 2.27 bits per heavy atom. The fourth-order valence-electron chi connectivity index (χ4n) is 1.15. The van der Waals surface area contributed by atoms with E-state index in [-0.39, 0.29) is 0 Å². The van der Waals surface area contributed by atoms with Gasteiger partial charge in [-0.2, -0.15) is 24.9 Å². The summed E-state index contributed by atoms with van der Waals surface area (Å²) in [6.07, 6.45) is -4.06. The predicted molar refractivity (Wildman–Crippen MR) is 56.3 cm³/mol. The first-order valence-corrected chi connectivity index (χ1v) is 5.78. The van der Waals surface area contributed by atoms with Crippen molar-refractivity contribution in [2.75, 3.05) is 38.2 Å². The standard InChI is InChI=1S/C8H14F3N3S/c1-14-4-2-12-7(14)13-3-5-15-6-8(9,10)11/h2-6H2,1H3,(H,12,13). The number of alkyl halides is 3. The third kappa shape index (κ3) is 5.15. The molecule has 0 amide bonds. The van der Waals surface area contributed by atoms with Gasteiger partial charge in [-0.05, 0) is 0 Å². The van der Waals surface area contributed by atoms with Crippen LogP contribution in [0.15, 0.2) is 4.99 Å². The molecule has 0 aromatic carbocycles. The van der Waals surface area contributed by atoms with Gasteiger partial charge in [0.1, 0.15) is 0 Å². The van der Waals surface area contributed by atoms with Crippen LogP contribution < -0.4 is 5.32 Å². The van der Waals surface area contributed by atoms with Crippen LogP contribution >= 0.6 is 11.8 Å². The Hall–Kier alpha value is -0.590. The number of thioether (sulfide) groups is 1. The Labute approximate surface area is 91.1 Å². The van der Waals surface area contributed by atoms with Crippen LogP contribution in [0.3, 0.4) is 0 Å². The summed E-state index contributed by atoms with van der Waals surface area (Å²) in [6.45, 7) is 2.15. The van der Waals surface area contributed by atoms with Crippen molar-refractivity contribution >= 4 is 17.7 Å². The summed E-state index contributed by atoms with van der Waals surface area (Å²) in [4.78, 5) is 6.12. The van der Waals surface area contributed by atoms with Crippen LogP contribution in [-0.2, 0) is 0 Å². The molecule has 0 fully saturated rings. The number of guanidine groups is 1. The molecular weight excluding hydrogens is 227 g/mol. The van der Waals surface area contributed by atoms with E-state index < -0.39 is 11.9 Å². The highest BCUT2D eigenvalue weighted by molar-refractivity contribution is 7.99. The lowest BCUT2D eigenvalue weighted by Gasteiger charge is -2.15. The Balaban J connectivity index is 2.02. The lowest BCUT2D eigenvalue weighted by Crippen LogP contribution is -2.36. The molecule has 1 N–H and O–H groups in total.